The molecule has 0 spiro atoms. The van der Waals surface area contributed by atoms with Crippen LogP contribution in [0.25, 0.3) is 11.1 Å². The van der Waals surface area contributed by atoms with E-state index in [-0.39, 0.29) is 5.41 Å². The third kappa shape index (κ3) is 2.88. The highest BCUT2D eigenvalue weighted by Gasteiger charge is 2.42. The van der Waals surface area contributed by atoms with Gasteiger partial charge in [0.2, 0.25) is 0 Å². The second kappa shape index (κ2) is 6.78. The molecule has 0 nitrogen and oxygen atoms in total. The Morgan fingerprint density at radius 2 is 1.22 bits per heavy atom. The smallest absolute Gasteiger partial charge is 0.0221 e. The van der Waals surface area contributed by atoms with Gasteiger partial charge in [0.1, 0.15) is 0 Å². The molecule has 0 aromatic heterocycles. The number of benzene rings is 2. The van der Waals surface area contributed by atoms with Crippen LogP contribution in [0.15, 0.2) is 70.7 Å². The Hall–Kier alpha value is -1.12. The highest BCUT2D eigenvalue weighted by molar-refractivity contribution is 9.10. The van der Waals surface area contributed by atoms with Gasteiger partial charge in [-0.05, 0) is 72.2 Å². The molecule has 2 aromatic rings. The summed E-state index contributed by atoms with van der Waals surface area (Å²) in [6, 6.07) is 13.4. The van der Waals surface area contributed by atoms with Crippen LogP contribution in [0.1, 0.15) is 36.8 Å². The van der Waals surface area contributed by atoms with Crippen molar-refractivity contribution in [1.82, 2.24) is 0 Å². The summed E-state index contributed by atoms with van der Waals surface area (Å²) in [7, 11) is 0. The van der Waals surface area contributed by atoms with Crippen molar-refractivity contribution in [3.63, 3.8) is 0 Å². The molecule has 23 heavy (non-hydrogen) atoms. The molecule has 0 N–H and O–H groups in total. The van der Waals surface area contributed by atoms with E-state index in [2.05, 4.69) is 81.4 Å². The Balaban J connectivity index is 2.27. The topological polar surface area (TPSA) is 0 Å². The van der Waals surface area contributed by atoms with E-state index in [0.717, 1.165) is 34.6 Å². The zero-order chi connectivity index (χ0) is 16.4. The fraction of sp³-hybridized carbons (Fsp3) is 0.238. The molecule has 0 unspecified atom stereocenters. The number of hydrogen-bond acceptors (Lipinski definition) is 0. The summed E-state index contributed by atoms with van der Waals surface area (Å²) >= 11 is 7.33. The molecular weight excluding hydrogens is 412 g/mol. The maximum atomic E-state index is 3.94. The van der Waals surface area contributed by atoms with Crippen molar-refractivity contribution >= 4 is 31.9 Å². The summed E-state index contributed by atoms with van der Waals surface area (Å²) in [5, 5.41) is 0. The standard InChI is InChI=1S/C21H20Br2/c1-3-5-11-21(12-6-4-2)19-13-15(22)7-9-17(19)18-10-8-16(23)14-20(18)21/h3-4,7-10,13-14H,1-2,5-6,11-12H2. The number of fused-ring (bicyclic) bond motifs is 3. The largest absolute Gasteiger partial charge is 0.103 e. The molecule has 0 heterocycles. The average molecular weight is 432 g/mol. The maximum absolute atomic E-state index is 3.94. The van der Waals surface area contributed by atoms with E-state index in [1.165, 1.54) is 22.3 Å². The van der Waals surface area contributed by atoms with E-state index in [0.29, 0.717) is 0 Å². The predicted molar refractivity (Wildman–Crippen MR) is 107 cm³/mol. The first-order valence-electron chi connectivity index (χ1n) is 7.94. The third-order valence-electron chi connectivity index (χ3n) is 4.84. The van der Waals surface area contributed by atoms with Gasteiger partial charge in [-0.3, -0.25) is 0 Å². The van der Waals surface area contributed by atoms with Gasteiger partial charge in [-0.15, -0.1) is 13.2 Å². The van der Waals surface area contributed by atoms with Gasteiger partial charge in [0.25, 0.3) is 0 Å². The molecule has 0 radical (unpaired) electrons. The van der Waals surface area contributed by atoms with Crippen LogP contribution in [0.2, 0.25) is 0 Å². The lowest BCUT2D eigenvalue weighted by Gasteiger charge is -2.32. The van der Waals surface area contributed by atoms with Crippen LogP contribution < -0.4 is 0 Å². The van der Waals surface area contributed by atoms with Crippen LogP contribution in [-0.2, 0) is 5.41 Å². The Kier molecular flexibility index (Phi) is 4.93. The van der Waals surface area contributed by atoms with E-state index in [1.807, 2.05) is 12.2 Å². The summed E-state index contributed by atoms with van der Waals surface area (Å²) in [4.78, 5) is 0. The molecule has 3 rings (SSSR count). The van der Waals surface area contributed by atoms with Crippen molar-refractivity contribution in [2.75, 3.05) is 0 Å². The Bertz CT molecular complexity index is 693. The molecule has 0 saturated heterocycles. The van der Waals surface area contributed by atoms with Crippen molar-refractivity contribution in [2.24, 2.45) is 0 Å². The summed E-state index contributed by atoms with van der Waals surface area (Å²) in [6.45, 7) is 7.88. The summed E-state index contributed by atoms with van der Waals surface area (Å²) in [6.07, 6.45) is 8.24. The molecule has 0 bridgehead atoms. The minimum absolute atomic E-state index is 0.0423. The third-order valence-corrected chi connectivity index (χ3v) is 5.82. The van der Waals surface area contributed by atoms with Gasteiger partial charge < -0.3 is 0 Å². The van der Waals surface area contributed by atoms with Crippen LogP contribution in [0.5, 0.6) is 0 Å². The number of allylic oxidation sites excluding steroid dienone is 2. The van der Waals surface area contributed by atoms with E-state index in [4.69, 9.17) is 0 Å². The van der Waals surface area contributed by atoms with Crippen LogP contribution in [0.4, 0.5) is 0 Å². The molecule has 0 amide bonds. The van der Waals surface area contributed by atoms with Crippen molar-refractivity contribution in [3.8, 4) is 11.1 Å². The lowest BCUT2D eigenvalue weighted by atomic mass is 9.71. The molecule has 1 aliphatic rings. The summed E-state index contributed by atoms with van der Waals surface area (Å²) < 4.78 is 2.29. The highest BCUT2D eigenvalue weighted by atomic mass is 79.9. The van der Waals surface area contributed by atoms with Gasteiger partial charge in [0.05, 0.1) is 0 Å². The van der Waals surface area contributed by atoms with Gasteiger partial charge in [0.15, 0.2) is 0 Å². The molecule has 118 valence electrons. The first-order chi connectivity index (χ1) is 11.1. The second-order valence-corrected chi connectivity index (χ2v) is 7.95. The lowest BCUT2D eigenvalue weighted by molar-refractivity contribution is 0.454. The average Bonchev–Trinajstić information content (AvgIpc) is 2.80. The summed E-state index contributed by atoms with van der Waals surface area (Å²) in [5.74, 6) is 0. The molecule has 1 aliphatic carbocycles. The zero-order valence-corrected chi connectivity index (χ0v) is 16.3. The fourth-order valence-corrected chi connectivity index (χ4v) is 4.52. The zero-order valence-electron chi connectivity index (χ0n) is 13.1. The van der Waals surface area contributed by atoms with Gasteiger partial charge in [-0.2, -0.15) is 0 Å². The monoisotopic (exact) mass is 430 g/mol. The quantitative estimate of drug-likeness (QED) is 0.417. The maximum Gasteiger partial charge on any atom is 0.0221 e. The normalized spacial score (nSPS) is 14.2. The second-order valence-electron chi connectivity index (χ2n) is 6.12. The molecule has 2 heteroatoms. The van der Waals surface area contributed by atoms with Crippen LogP contribution >= 0.6 is 31.9 Å². The van der Waals surface area contributed by atoms with E-state index in [9.17, 15) is 0 Å². The van der Waals surface area contributed by atoms with E-state index < -0.39 is 0 Å². The minimum Gasteiger partial charge on any atom is -0.103 e. The first-order valence-corrected chi connectivity index (χ1v) is 9.53. The van der Waals surface area contributed by atoms with Crippen molar-refractivity contribution < 1.29 is 0 Å². The highest BCUT2D eigenvalue weighted by Crippen LogP contribution is 2.54. The predicted octanol–water partition coefficient (Wildman–Crippen LogP) is 7.41. The SMILES string of the molecule is C=CCCC1(CCC=C)c2cc(Br)ccc2-c2ccc(Br)cc21. The molecule has 2 aromatic carbocycles. The van der Waals surface area contributed by atoms with Crippen LogP contribution in [0, 0.1) is 0 Å². The first kappa shape index (κ1) is 16.7. The van der Waals surface area contributed by atoms with Gasteiger partial charge >= 0.3 is 0 Å². The molecular formula is C21H20Br2. The molecule has 0 atom stereocenters. The van der Waals surface area contributed by atoms with Crippen molar-refractivity contribution in [1.29, 1.82) is 0 Å². The van der Waals surface area contributed by atoms with Crippen molar-refractivity contribution in [2.45, 2.75) is 31.1 Å². The Morgan fingerprint density at radius 1 is 0.783 bits per heavy atom. The number of hydrogen-bond donors (Lipinski definition) is 0. The molecule has 0 fully saturated rings. The Morgan fingerprint density at radius 3 is 1.61 bits per heavy atom. The molecule has 0 saturated carbocycles. The van der Waals surface area contributed by atoms with Crippen LogP contribution in [-0.4, -0.2) is 0 Å². The summed E-state index contributed by atoms with van der Waals surface area (Å²) in [5.41, 5.74) is 5.64. The van der Waals surface area contributed by atoms with Gasteiger partial charge in [-0.25, -0.2) is 0 Å². The van der Waals surface area contributed by atoms with Gasteiger partial charge in [-0.1, -0.05) is 56.1 Å². The van der Waals surface area contributed by atoms with E-state index in [1.54, 1.807) is 0 Å². The number of rotatable bonds is 6. The van der Waals surface area contributed by atoms with Gasteiger partial charge in [0, 0.05) is 14.4 Å². The Labute approximate surface area is 155 Å². The molecule has 0 aliphatic heterocycles. The lowest BCUT2D eigenvalue weighted by Crippen LogP contribution is -2.25. The van der Waals surface area contributed by atoms with Crippen molar-refractivity contribution in [3.05, 3.63) is 81.8 Å². The fourth-order valence-electron chi connectivity index (χ4n) is 3.80. The van der Waals surface area contributed by atoms with E-state index >= 15 is 0 Å². The number of halogens is 2. The minimum atomic E-state index is 0.0423. The van der Waals surface area contributed by atoms with Crippen LogP contribution in [0.3, 0.4) is 0 Å².